The second-order valence-electron chi connectivity index (χ2n) is 4.83. The summed E-state index contributed by atoms with van der Waals surface area (Å²) in [6.45, 7) is 0.271. The van der Waals surface area contributed by atoms with Crippen LogP contribution in [0.3, 0.4) is 0 Å². The molecule has 6 heteroatoms. The molecule has 0 amide bonds. The van der Waals surface area contributed by atoms with Gasteiger partial charge in [-0.2, -0.15) is 5.26 Å². The third-order valence-corrected chi connectivity index (χ3v) is 4.69. The highest BCUT2D eigenvalue weighted by atomic mass is 32.2. The van der Waals surface area contributed by atoms with Crippen molar-refractivity contribution in [3.63, 3.8) is 0 Å². The summed E-state index contributed by atoms with van der Waals surface area (Å²) >= 11 is 0. The highest BCUT2D eigenvalue weighted by molar-refractivity contribution is 7.89. The van der Waals surface area contributed by atoms with E-state index in [1.54, 1.807) is 12.1 Å². The van der Waals surface area contributed by atoms with Gasteiger partial charge in [0.1, 0.15) is 0 Å². The Morgan fingerprint density at radius 1 is 1.37 bits per heavy atom. The molecule has 0 spiro atoms. The molecule has 19 heavy (non-hydrogen) atoms. The normalized spacial score (nSPS) is 16.8. The van der Waals surface area contributed by atoms with E-state index in [9.17, 15) is 8.42 Å². The zero-order chi connectivity index (χ0) is 13.9. The fourth-order valence-corrected chi connectivity index (χ4v) is 2.93. The zero-order valence-electron chi connectivity index (χ0n) is 10.5. The van der Waals surface area contributed by atoms with Crippen LogP contribution in [0.2, 0.25) is 0 Å². The average molecular weight is 279 g/mol. The number of benzene rings is 1. The van der Waals surface area contributed by atoms with Crippen LogP contribution in [-0.4, -0.2) is 21.0 Å². The third-order valence-electron chi connectivity index (χ3n) is 3.25. The van der Waals surface area contributed by atoms with Gasteiger partial charge in [0, 0.05) is 12.6 Å². The molecule has 1 fully saturated rings. The molecule has 1 aliphatic rings. The third kappa shape index (κ3) is 3.77. The van der Waals surface area contributed by atoms with E-state index in [0.29, 0.717) is 5.92 Å². The Morgan fingerprint density at radius 2 is 2.00 bits per heavy atom. The summed E-state index contributed by atoms with van der Waals surface area (Å²) in [5, 5.41) is 8.56. The molecule has 0 saturated heterocycles. The lowest BCUT2D eigenvalue weighted by Crippen LogP contribution is -2.38. The molecular weight excluding hydrogens is 262 g/mol. The molecular formula is C13H17N3O2S. The molecule has 3 N–H and O–H groups in total. The molecule has 1 atom stereocenters. The van der Waals surface area contributed by atoms with Crippen LogP contribution >= 0.6 is 0 Å². The van der Waals surface area contributed by atoms with Gasteiger partial charge in [0.2, 0.25) is 10.0 Å². The van der Waals surface area contributed by atoms with Gasteiger partial charge in [0.05, 0.1) is 17.4 Å². The first-order valence-electron chi connectivity index (χ1n) is 6.24. The first kappa shape index (κ1) is 14.0. The molecule has 5 nitrogen and oxygen atoms in total. The number of nitrogens with two attached hydrogens (primary N) is 1. The van der Waals surface area contributed by atoms with Crippen LogP contribution in [-0.2, 0) is 16.4 Å². The standard InChI is InChI=1S/C13H17N3O2S/c14-8-7-10-1-5-12(6-2-10)19(17,18)16-9-13(15)11-3-4-11/h1-2,5-6,11,13,16H,3-4,7,9,15H2. The van der Waals surface area contributed by atoms with Gasteiger partial charge in [-0.1, -0.05) is 12.1 Å². The number of nitrogens with zero attached hydrogens (tertiary/aromatic N) is 1. The highest BCUT2D eigenvalue weighted by Crippen LogP contribution is 2.31. The number of hydrogen-bond donors (Lipinski definition) is 2. The highest BCUT2D eigenvalue weighted by Gasteiger charge is 2.29. The lowest BCUT2D eigenvalue weighted by atomic mass is 10.2. The molecule has 1 aromatic rings. The minimum atomic E-state index is -3.51. The zero-order valence-corrected chi connectivity index (χ0v) is 11.4. The Labute approximate surface area is 113 Å². The van der Waals surface area contributed by atoms with E-state index in [1.807, 2.05) is 6.07 Å². The SMILES string of the molecule is N#CCc1ccc(S(=O)(=O)NCC(N)C2CC2)cc1. The van der Waals surface area contributed by atoms with Crippen molar-refractivity contribution < 1.29 is 8.42 Å². The molecule has 0 aromatic heterocycles. The van der Waals surface area contributed by atoms with Crippen LogP contribution in [0.1, 0.15) is 18.4 Å². The van der Waals surface area contributed by atoms with Crippen LogP contribution < -0.4 is 10.5 Å². The second-order valence-corrected chi connectivity index (χ2v) is 6.60. The van der Waals surface area contributed by atoms with Gasteiger partial charge in [0.25, 0.3) is 0 Å². The maximum atomic E-state index is 12.0. The number of rotatable bonds is 6. The van der Waals surface area contributed by atoms with Gasteiger partial charge in [-0.05, 0) is 36.5 Å². The van der Waals surface area contributed by atoms with E-state index in [-0.39, 0.29) is 23.9 Å². The van der Waals surface area contributed by atoms with Crippen LogP contribution in [0.15, 0.2) is 29.2 Å². The van der Waals surface area contributed by atoms with Crippen LogP contribution in [0, 0.1) is 17.2 Å². The Morgan fingerprint density at radius 3 is 2.53 bits per heavy atom. The van der Waals surface area contributed by atoms with Gasteiger partial charge >= 0.3 is 0 Å². The Hall–Kier alpha value is -1.42. The number of nitriles is 1. The first-order valence-corrected chi connectivity index (χ1v) is 7.72. The van der Waals surface area contributed by atoms with Crippen molar-refractivity contribution in [3.8, 4) is 6.07 Å². The second kappa shape index (κ2) is 5.70. The molecule has 1 saturated carbocycles. The summed E-state index contributed by atoms with van der Waals surface area (Å²) in [4.78, 5) is 0.206. The van der Waals surface area contributed by atoms with Gasteiger partial charge in [-0.3, -0.25) is 0 Å². The molecule has 102 valence electrons. The summed E-state index contributed by atoms with van der Waals surface area (Å²) in [5.74, 6) is 0.459. The lowest BCUT2D eigenvalue weighted by Gasteiger charge is -2.12. The summed E-state index contributed by atoms with van der Waals surface area (Å²) in [5.41, 5.74) is 6.67. The van der Waals surface area contributed by atoms with Crippen molar-refractivity contribution in [1.82, 2.24) is 4.72 Å². The summed E-state index contributed by atoms with van der Waals surface area (Å²) in [6.07, 6.45) is 2.46. The van der Waals surface area contributed by atoms with Gasteiger partial charge in [-0.15, -0.1) is 0 Å². The molecule has 1 aromatic carbocycles. The van der Waals surface area contributed by atoms with Crippen LogP contribution in [0.5, 0.6) is 0 Å². The summed E-state index contributed by atoms with van der Waals surface area (Å²) in [6, 6.07) is 8.24. The molecule has 1 aliphatic carbocycles. The minimum absolute atomic E-state index is 0.104. The lowest BCUT2D eigenvalue weighted by molar-refractivity contribution is 0.547. The Balaban J connectivity index is 2.00. The number of hydrogen-bond acceptors (Lipinski definition) is 4. The first-order chi connectivity index (χ1) is 9.03. The minimum Gasteiger partial charge on any atom is -0.326 e. The molecule has 0 bridgehead atoms. The van der Waals surface area contributed by atoms with E-state index in [1.165, 1.54) is 12.1 Å². The fraction of sp³-hybridized carbons (Fsp3) is 0.462. The molecule has 0 radical (unpaired) electrons. The summed E-state index contributed by atoms with van der Waals surface area (Å²) in [7, 11) is -3.51. The van der Waals surface area contributed by atoms with E-state index in [4.69, 9.17) is 11.0 Å². The quantitative estimate of drug-likeness (QED) is 0.803. The molecule has 2 rings (SSSR count). The maximum absolute atomic E-state index is 12.0. The Kier molecular flexibility index (Phi) is 4.20. The Bertz CT molecular complexity index is 571. The van der Waals surface area contributed by atoms with Crippen molar-refractivity contribution in [3.05, 3.63) is 29.8 Å². The average Bonchev–Trinajstić information content (AvgIpc) is 3.21. The van der Waals surface area contributed by atoms with Crippen LogP contribution in [0.4, 0.5) is 0 Å². The summed E-state index contributed by atoms with van der Waals surface area (Å²) < 4.78 is 26.6. The number of sulfonamides is 1. The van der Waals surface area contributed by atoms with Crippen molar-refractivity contribution >= 4 is 10.0 Å². The van der Waals surface area contributed by atoms with Crippen LogP contribution in [0.25, 0.3) is 0 Å². The van der Waals surface area contributed by atoms with Gasteiger partial charge in [0.15, 0.2) is 0 Å². The van der Waals surface area contributed by atoms with E-state index in [0.717, 1.165) is 18.4 Å². The predicted octanol–water partition coefficient (Wildman–Crippen LogP) is 0.768. The topological polar surface area (TPSA) is 96.0 Å². The van der Waals surface area contributed by atoms with E-state index < -0.39 is 10.0 Å². The van der Waals surface area contributed by atoms with E-state index >= 15 is 0 Å². The molecule has 1 unspecified atom stereocenters. The van der Waals surface area contributed by atoms with Crippen molar-refractivity contribution in [2.75, 3.05) is 6.54 Å². The largest absolute Gasteiger partial charge is 0.326 e. The predicted molar refractivity (Wildman–Crippen MR) is 71.6 cm³/mol. The smallest absolute Gasteiger partial charge is 0.240 e. The van der Waals surface area contributed by atoms with E-state index in [2.05, 4.69) is 4.72 Å². The van der Waals surface area contributed by atoms with Gasteiger partial charge in [-0.25, -0.2) is 13.1 Å². The molecule has 0 aliphatic heterocycles. The maximum Gasteiger partial charge on any atom is 0.240 e. The monoisotopic (exact) mass is 279 g/mol. The van der Waals surface area contributed by atoms with Gasteiger partial charge < -0.3 is 5.73 Å². The number of nitrogens with one attached hydrogen (secondary N) is 1. The van der Waals surface area contributed by atoms with Crippen molar-refractivity contribution in [1.29, 1.82) is 5.26 Å². The molecule has 0 heterocycles. The fourth-order valence-electron chi connectivity index (χ4n) is 1.86. The van der Waals surface area contributed by atoms with Crippen molar-refractivity contribution in [2.24, 2.45) is 11.7 Å². The van der Waals surface area contributed by atoms with Crippen molar-refractivity contribution in [2.45, 2.75) is 30.2 Å².